The van der Waals surface area contributed by atoms with Gasteiger partial charge in [0.1, 0.15) is 0 Å². The first-order valence-corrected chi connectivity index (χ1v) is 12.6. The lowest BCUT2D eigenvalue weighted by Gasteiger charge is -2.18. The van der Waals surface area contributed by atoms with Crippen LogP contribution in [-0.4, -0.2) is 20.8 Å². The minimum Gasteiger partial charge on any atom is -0.328 e. The van der Waals surface area contributed by atoms with Gasteiger partial charge in [-0.3, -0.25) is 4.57 Å². The van der Waals surface area contributed by atoms with Gasteiger partial charge in [-0.15, -0.1) is 10.2 Å². The molecule has 1 atom stereocenters. The average molecular weight is 526 g/mol. The lowest BCUT2D eigenvalue weighted by atomic mass is 10.1. The van der Waals surface area contributed by atoms with Crippen LogP contribution in [0, 0.1) is 13.8 Å². The molecule has 0 bridgehead atoms. The maximum Gasteiger partial charge on any atom is 0.418 e. The second-order valence-corrected chi connectivity index (χ2v) is 9.53. The highest BCUT2D eigenvalue weighted by molar-refractivity contribution is 7.98. The summed E-state index contributed by atoms with van der Waals surface area (Å²) in [5.41, 5.74) is 2.99. The molecule has 4 aromatic rings. The van der Waals surface area contributed by atoms with Gasteiger partial charge < -0.3 is 10.6 Å². The first kappa shape index (κ1) is 26.3. The normalized spacial score (nSPS) is 12.3. The van der Waals surface area contributed by atoms with Gasteiger partial charge in [0.05, 0.1) is 17.3 Å². The number of anilines is 1. The molecule has 10 heteroatoms. The van der Waals surface area contributed by atoms with E-state index >= 15 is 0 Å². The number of hydrogen-bond acceptors (Lipinski definition) is 4. The van der Waals surface area contributed by atoms with E-state index in [1.807, 2.05) is 60.9 Å². The minimum atomic E-state index is -4.59. The van der Waals surface area contributed by atoms with Crippen molar-refractivity contribution >= 4 is 23.5 Å². The summed E-state index contributed by atoms with van der Waals surface area (Å²) in [7, 11) is 0. The lowest BCUT2D eigenvalue weighted by Crippen LogP contribution is -2.33. The maximum atomic E-state index is 13.3. The van der Waals surface area contributed by atoms with Crippen LogP contribution in [0.3, 0.4) is 0 Å². The van der Waals surface area contributed by atoms with E-state index in [1.165, 1.54) is 41.1 Å². The van der Waals surface area contributed by atoms with Crippen molar-refractivity contribution in [3.8, 4) is 5.69 Å². The monoisotopic (exact) mass is 525 g/mol. The maximum absolute atomic E-state index is 13.3. The van der Waals surface area contributed by atoms with E-state index in [0.29, 0.717) is 16.7 Å². The molecule has 0 spiro atoms. The summed E-state index contributed by atoms with van der Waals surface area (Å²) in [4.78, 5) is 12.7. The number of hydrogen-bond donors (Lipinski definition) is 2. The molecule has 3 aromatic carbocycles. The highest BCUT2D eigenvalue weighted by Gasteiger charge is 2.33. The standard InChI is InChI=1S/C27H26F3N5OS/c1-17-12-14-21(15-13-17)35-24(33-34-26(35)37-16-20-9-5-4-8-18(20)2)19(3)31-25(36)32-23-11-7-6-10-22(23)27(28,29)30/h4-15,19H,16H2,1-3H3,(H2,31,32,36). The molecule has 0 aliphatic carbocycles. The fraction of sp³-hybridized carbons (Fsp3) is 0.222. The van der Waals surface area contributed by atoms with Crippen molar-refractivity contribution in [2.75, 3.05) is 5.32 Å². The second-order valence-electron chi connectivity index (χ2n) is 8.59. The summed E-state index contributed by atoms with van der Waals surface area (Å²) < 4.78 is 41.8. The van der Waals surface area contributed by atoms with E-state index in [2.05, 4.69) is 26.9 Å². The SMILES string of the molecule is Cc1ccc(-n2c(SCc3ccccc3C)nnc2C(C)NC(=O)Nc2ccccc2C(F)(F)F)cc1. The zero-order chi connectivity index (χ0) is 26.6. The third-order valence-electron chi connectivity index (χ3n) is 5.78. The number of thioether (sulfide) groups is 1. The number of urea groups is 1. The molecular formula is C27H26F3N5OS. The number of carbonyl (C=O) groups is 1. The number of carbonyl (C=O) groups excluding carboxylic acids is 1. The van der Waals surface area contributed by atoms with Gasteiger partial charge in [0.25, 0.3) is 0 Å². The zero-order valence-electron chi connectivity index (χ0n) is 20.5. The van der Waals surface area contributed by atoms with Gasteiger partial charge in [-0.1, -0.05) is 65.9 Å². The third-order valence-corrected chi connectivity index (χ3v) is 6.76. The molecule has 2 N–H and O–H groups in total. The molecule has 1 aromatic heterocycles. The van der Waals surface area contributed by atoms with E-state index in [1.54, 1.807) is 6.92 Å². The van der Waals surface area contributed by atoms with E-state index in [9.17, 15) is 18.0 Å². The van der Waals surface area contributed by atoms with Gasteiger partial charge in [-0.05, 0) is 56.2 Å². The van der Waals surface area contributed by atoms with Crippen LogP contribution in [0.5, 0.6) is 0 Å². The van der Waals surface area contributed by atoms with Crippen molar-refractivity contribution in [1.82, 2.24) is 20.1 Å². The predicted molar refractivity (Wildman–Crippen MR) is 139 cm³/mol. The van der Waals surface area contributed by atoms with E-state index in [0.717, 1.165) is 17.3 Å². The fourth-order valence-corrected chi connectivity index (χ4v) is 4.80. The molecule has 0 aliphatic rings. The predicted octanol–water partition coefficient (Wildman–Crippen LogP) is 7.08. The Balaban J connectivity index is 1.58. The topological polar surface area (TPSA) is 71.8 Å². The Hall–Kier alpha value is -3.79. The Bertz CT molecular complexity index is 1390. The first-order valence-electron chi connectivity index (χ1n) is 11.6. The number of aryl methyl sites for hydroxylation is 2. The van der Waals surface area contributed by atoms with Gasteiger partial charge in [-0.25, -0.2) is 4.79 Å². The van der Waals surface area contributed by atoms with Gasteiger partial charge in [0.15, 0.2) is 11.0 Å². The first-order chi connectivity index (χ1) is 17.6. The second kappa shape index (κ2) is 11.1. The molecule has 0 saturated heterocycles. The van der Waals surface area contributed by atoms with Crippen LogP contribution in [0.25, 0.3) is 5.69 Å². The van der Waals surface area contributed by atoms with Crippen molar-refractivity contribution in [3.63, 3.8) is 0 Å². The quantitative estimate of drug-likeness (QED) is 0.253. The Morgan fingerprint density at radius 3 is 2.35 bits per heavy atom. The lowest BCUT2D eigenvalue weighted by molar-refractivity contribution is -0.136. The van der Waals surface area contributed by atoms with Crippen LogP contribution in [-0.2, 0) is 11.9 Å². The van der Waals surface area contributed by atoms with Crippen molar-refractivity contribution < 1.29 is 18.0 Å². The fourth-order valence-electron chi connectivity index (χ4n) is 3.76. The van der Waals surface area contributed by atoms with Gasteiger partial charge in [0.2, 0.25) is 0 Å². The molecule has 0 saturated carbocycles. The summed E-state index contributed by atoms with van der Waals surface area (Å²) in [5.74, 6) is 1.13. The average Bonchev–Trinajstić information content (AvgIpc) is 3.28. The summed E-state index contributed by atoms with van der Waals surface area (Å²) in [6.07, 6.45) is -4.59. The molecule has 0 aliphatic heterocycles. The van der Waals surface area contributed by atoms with E-state index in [4.69, 9.17) is 0 Å². The van der Waals surface area contributed by atoms with E-state index in [-0.39, 0.29) is 5.69 Å². The molecule has 1 unspecified atom stereocenters. The number of rotatable bonds is 7. The zero-order valence-corrected chi connectivity index (χ0v) is 21.3. The third kappa shape index (κ3) is 6.32. The van der Waals surface area contributed by atoms with Crippen molar-refractivity contribution in [2.45, 2.75) is 43.9 Å². The van der Waals surface area contributed by atoms with Crippen LogP contribution in [0.15, 0.2) is 78.0 Å². The summed E-state index contributed by atoms with van der Waals surface area (Å²) in [6, 6.07) is 19.3. The minimum absolute atomic E-state index is 0.325. The smallest absolute Gasteiger partial charge is 0.328 e. The van der Waals surface area contributed by atoms with Crippen molar-refractivity contribution in [3.05, 3.63) is 101 Å². The molecule has 2 amide bonds. The number of amides is 2. The number of aromatic nitrogens is 3. The van der Waals surface area contributed by atoms with Crippen LogP contribution in [0.4, 0.5) is 23.7 Å². The Morgan fingerprint density at radius 2 is 1.65 bits per heavy atom. The van der Waals surface area contributed by atoms with Crippen molar-refractivity contribution in [2.24, 2.45) is 0 Å². The van der Waals surface area contributed by atoms with Gasteiger partial charge >= 0.3 is 12.2 Å². The summed E-state index contributed by atoms with van der Waals surface area (Å²) >= 11 is 1.51. The number of nitrogens with zero attached hydrogens (tertiary/aromatic N) is 3. The number of alkyl halides is 3. The van der Waals surface area contributed by atoms with Gasteiger partial charge in [-0.2, -0.15) is 13.2 Å². The number of halogens is 3. The Labute approximate surface area is 217 Å². The Morgan fingerprint density at radius 1 is 0.973 bits per heavy atom. The number of benzene rings is 3. The summed E-state index contributed by atoms with van der Waals surface area (Å²) in [5, 5.41) is 14.4. The summed E-state index contributed by atoms with van der Waals surface area (Å²) in [6.45, 7) is 5.74. The number of para-hydroxylation sites is 1. The highest BCUT2D eigenvalue weighted by atomic mass is 32.2. The molecule has 4 rings (SSSR count). The Kier molecular flexibility index (Phi) is 7.87. The van der Waals surface area contributed by atoms with Crippen molar-refractivity contribution in [1.29, 1.82) is 0 Å². The molecule has 1 heterocycles. The van der Waals surface area contributed by atoms with Gasteiger partial charge in [0, 0.05) is 11.4 Å². The van der Waals surface area contributed by atoms with Crippen LogP contribution in [0.1, 0.15) is 41.0 Å². The van der Waals surface area contributed by atoms with Crippen LogP contribution < -0.4 is 10.6 Å². The largest absolute Gasteiger partial charge is 0.418 e. The molecule has 37 heavy (non-hydrogen) atoms. The molecule has 0 radical (unpaired) electrons. The highest BCUT2D eigenvalue weighted by Crippen LogP contribution is 2.34. The number of nitrogens with one attached hydrogen (secondary N) is 2. The van der Waals surface area contributed by atoms with E-state index < -0.39 is 23.8 Å². The van der Waals surface area contributed by atoms with Crippen LogP contribution >= 0.6 is 11.8 Å². The molecule has 6 nitrogen and oxygen atoms in total. The molecule has 192 valence electrons. The van der Waals surface area contributed by atoms with Crippen LogP contribution in [0.2, 0.25) is 0 Å². The molecular weight excluding hydrogens is 499 g/mol. The molecule has 0 fully saturated rings.